The molecule has 0 unspecified atom stereocenters. The van der Waals surface area contributed by atoms with Crippen LogP contribution in [0.15, 0.2) is 47.4 Å². The van der Waals surface area contributed by atoms with Crippen LogP contribution in [0.5, 0.6) is 5.75 Å². The molecule has 0 spiro atoms. The Hall–Kier alpha value is -2.58. The van der Waals surface area contributed by atoms with Gasteiger partial charge in [0, 0.05) is 29.7 Å². The van der Waals surface area contributed by atoms with Gasteiger partial charge < -0.3 is 15.4 Å². The minimum absolute atomic E-state index is 0.0399. The van der Waals surface area contributed by atoms with Crippen LogP contribution < -0.4 is 15.4 Å². The second kappa shape index (κ2) is 8.88. The van der Waals surface area contributed by atoms with Gasteiger partial charge in [-0.05, 0) is 42.5 Å². The Morgan fingerprint density at radius 2 is 1.93 bits per heavy atom. The number of fused-ring (bicyclic) bond motifs is 1. The monoisotopic (exact) mass is 401 g/mol. The van der Waals surface area contributed by atoms with Crippen molar-refractivity contribution in [1.29, 1.82) is 0 Å². The molecule has 6 nitrogen and oxygen atoms in total. The van der Waals surface area contributed by atoms with Gasteiger partial charge >= 0.3 is 0 Å². The van der Waals surface area contributed by atoms with Gasteiger partial charge in [0.1, 0.15) is 5.75 Å². The van der Waals surface area contributed by atoms with E-state index in [1.54, 1.807) is 18.9 Å². The minimum atomic E-state index is -0.156. The van der Waals surface area contributed by atoms with Crippen molar-refractivity contribution in [2.75, 3.05) is 23.5 Å². The molecule has 1 aromatic heterocycles. The van der Waals surface area contributed by atoms with Crippen LogP contribution in [0.2, 0.25) is 0 Å². The lowest BCUT2D eigenvalue weighted by atomic mass is 10.3. The topological polar surface area (TPSA) is 80.3 Å². The molecular formula is C19H19N3O3S2. The Bertz CT molecular complexity index is 954. The van der Waals surface area contributed by atoms with E-state index in [9.17, 15) is 9.59 Å². The van der Waals surface area contributed by atoms with Crippen LogP contribution in [-0.4, -0.2) is 29.7 Å². The molecule has 0 radical (unpaired) electrons. The molecule has 0 bridgehead atoms. The average Bonchev–Trinajstić information content (AvgIpc) is 3.03. The molecule has 1 heterocycles. The Kier molecular flexibility index (Phi) is 6.31. The standard InChI is InChI=1S/C19H19N3O3S2/c1-12(23)20-19-22-16-8-3-13(11-17(16)27-19)21-18(24)9-10-26-15-6-4-14(25-2)5-7-15/h3-8,11H,9-10H2,1-2H3,(H,21,24)(H,20,22,23). The summed E-state index contributed by atoms with van der Waals surface area (Å²) in [4.78, 5) is 28.7. The Morgan fingerprint density at radius 1 is 1.15 bits per heavy atom. The summed E-state index contributed by atoms with van der Waals surface area (Å²) < 4.78 is 6.04. The Labute approximate surface area is 165 Å². The molecule has 3 aromatic rings. The smallest absolute Gasteiger partial charge is 0.225 e. The van der Waals surface area contributed by atoms with E-state index in [0.29, 0.717) is 17.3 Å². The van der Waals surface area contributed by atoms with E-state index in [4.69, 9.17) is 4.74 Å². The van der Waals surface area contributed by atoms with Gasteiger partial charge in [0.15, 0.2) is 5.13 Å². The summed E-state index contributed by atoms with van der Waals surface area (Å²) in [6, 6.07) is 13.3. The number of hydrogen-bond donors (Lipinski definition) is 2. The fraction of sp³-hybridized carbons (Fsp3) is 0.211. The lowest BCUT2D eigenvalue weighted by Crippen LogP contribution is -2.11. The van der Waals surface area contributed by atoms with E-state index in [0.717, 1.165) is 26.5 Å². The van der Waals surface area contributed by atoms with Gasteiger partial charge in [-0.1, -0.05) is 11.3 Å². The fourth-order valence-electron chi connectivity index (χ4n) is 2.36. The van der Waals surface area contributed by atoms with Crippen molar-refractivity contribution >= 4 is 55.9 Å². The first-order chi connectivity index (χ1) is 13.0. The SMILES string of the molecule is COc1ccc(SCCC(=O)Nc2ccc3nc(NC(C)=O)sc3c2)cc1. The lowest BCUT2D eigenvalue weighted by Gasteiger charge is -2.06. The van der Waals surface area contributed by atoms with Crippen LogP contribution in [0.25, 0.3) is 10.2 Å². The first kappa shape index (κ1) is 19.2. The maximum absolute atomic E-state index is 12.2. The van der Waals surface area contributed by atoms with Gasteiger partial charge in [-0.25, -0.2) is 4.98 Å². The van der Waals surface area contributed by atoms with Gasteiger partial charge in [0.2, 0.25) is 11.8 Å². The van der Waals surface area contributed by atoms with E-state index in [1.807, 2.05) is 42.5 Å². The quantitative estimate of drug-likeness (QED) is 0.574. The number of methoxy groups -OCH3 is 1. The number of nitrogens with one attached hydrogen (secondary N) is 2. The van der Waals surface area contributed by atoms with Crippen LogP contribution in [0, 0.1) is 0 Å². The van der Waals surface area contributed by atoms with Crippen LogP contribution >= 0.6 is 23.1 Å². The third kappa shape index (κ3) is 5.45. The molecule has 0 saturated heterocycles. The Balaban J connectivity index is 1.52. The number of amides is 2. The molecule has 140 valence electrons. The van der Waals surface area contributed by atoms with Crippen molar-refractivity contribution in [2.45, 2.75) is 18.2 Å². The first-order valence-corrected chi connectivity index (χ1v) is 10.1. The molecular weight excluding hydrogens is 382 g/mol. The molecule has 2 aromatic carbocycles. The summed E-state index contributed by atoms with van der Waals surface area (Å²) in [6.45, 7) is 1.45. The predicted molar refractivity (Wildman–Crippen MR) is 111 cm³/mol. The lowest BCUT2D eigenvalue weighted by molar-refractivity contribution is -0.116. The number of anilines is 2. The van der Waals surface area contributed by atoms with Crippen LogP contribution in [0.1, 0.15) is 13.3 Å². The number of benzene rings is 2. The predicted octanol–water partition coefficient (Wildman–Crippen LogP) is 4.38. The average molecular weight is 402 g/mol. The molecule has 0 atom stereocenters. The highest BCUT2D eigenvalue weighted by Gasteiger charge is 2.08. The van der Waals surface area contributed by atoms with Crippen LogP contribution in [0.3, 0.4) is 0 Å². The molecule has 2 N–H and O–H groups in total. The number of nitrogens with zero attached hydrogens (tertiary/aromatic N) is 1. The van der Waals surface area contributed by atoms with Crippen molar-refractivity contribution in [3.05, 3.63) is 42.5 Å². The normalized spacial score (nSPS) is 10.6. The van der Waals surface area contributed by atoms with Crippen molar-refractivity contribution in [2.24, 2.45) is 0 Å². The van der Waals surface area contributed by atoms with E-state index >= 15 is 0 Å². The minimum Gasteiger partial charge on any atom is -0.497 e. The van der Waals surface area contributed by atoms with Crippen molar-refractivity contribution in [1.82, 2.24) is 4.98 Å². The highest BCUT2D eigenvalue weighted by atomic mass is 32.2. The molecule has 2 amide bonds. The van der Waals surface area contributed by atoms with E-state index < -0.39 is 0 Å². The summed E-state index contributed by atoms with van der Waals surface area (Å²) in [6.07, 6.45) is 0.411. The number of carbonyl (C=O) groups is 2. The van der Waals surface area contributed by atoms with Crippen molar-refractivity contribution < 1.29 is 14.3 Å². The third-order valence-corrected chi connectivity index (χ3v) is 5.56. The second-order valence-electron chi connectivity index (χ2n) is 5.70. The maximum atomic E-state index is 12.2. The number of carbonyl (C=O) groups excluding carboxylic acids is 2. The van der Waals surface area contributed by atoms with Gasteiger partial charge in [0.25, 0.3) is 0 Å². The van der Waals surface area contributed by atoms with Crippen molar-refractivity contribution in [3.63, 3.8) is 0 Å². The molecule has 0 aliphatic carbocycles. The summed E-state index contributed by atoms with van der Waals surface area (Å²) >= 11 is 3.00. The largest absolute Gasteiger partial charge is 0.497 e. The van der Waals surface area contributed by atoms with E-state index in [-0.39, 0.29) is 11.8 Å². The van der Waals surface area contributed by atoms with Crippen LogP contribution in [-0.2, 0) is 9.59 Å². The summed E-state index contributed by atoms with van der Waals surface area (Å²) in [7, 11) is 1.64. The highest BCUT2D eigenvalue weighted by molar-refractivity contribution is 7.99. The fourth-order valence-corrected chi connectivity index (χ4v) is 4.17. The first-order valence-electron chi connectivity index (χ1n) is 8.28. The molecule has 0 aliphatic heterocycles. The third-order valence-electron chi connectivity index (χ3n) is 3.61. The molecule has 0 fully saturated rings. The molecule has 0 saturated carbocycles. The van der Waals surface area contributed by atoms with Crippen molar-refractivity contribution in [3.8, 4) is 5.75 Å². The molecule has 0 aliphatic rings. The number of ether oxygens (including phenoxy) is 1. The number of hydrogen-bond acceptors (Lipinski definition) is 6. The Morgan fingerprint density at radius 3 is 2.63 bits per heavy atom. The zero-order valence-electron chi connectivity index (χ0n) is 14.9. The zero-order chi connectivity index (χ0) is 19.2. The number of thioether (sulfide) groups is 1. The maximum Gasteiger partial charge on any atom is 0.225 e. The molecule has 8 heteroatoms. The molecule has 3 rings (SSSR count). The highest BCUT2D eigenvalue weighted by Crippen LogP contribution is 2.28. The molecule has 27 heavy (non-hydrogen) atoms. The van der Waals surface area contributed by atoms with Gasteiger partial charge in [-0.3, -0.25) is 9.59 Å². The van der Waals surface area contributed by atoms with Gasteiger partial charge in [-0.15, -0.1) is 11.8 Å². The summed E-state index contributed by atoms with van der Waals surface area (Å²) in [5.74, 6) is 1.31. The zero-order valence-corrected chi connectivity index (χ0v) is 16.6. The summed E-state index contributed by atoms with van der Waals surface area (Å²) in [5, 5.41) is 6.14. The second-order valence-corrected chi connectivity index (χ2v) is 7.90. The number of rotatable bonds is 7. The van der Waals surface area contributed by atoms with E-state index in [2.05, 4.69) is 15.6 Å². The van der Waals surface area contributed by atoms with Crippen LogP contribution in [0.4, 0.5) is 10.8 Å². The number of aromatic nitrogens is 1. The number of thiazole rings is 1. The summed E-state index contributed by atoms with van der Waals surface area (Å²) in [5.41, 5.74) is 1.51. The van der Waals surface area contributed by atoms with Gasteiger partial charge in [0.05, 0.1) is 17.3 Å². The van der Waals surface area contributed by atoms with Gasteiger partial charge in [-0.2, -0.15) is 0 Å². The van der Waals surface area contributed by atoms with E-state index in [1.165, 1.54) is 18.3 Å².